The number of amides is 2. The van der Waals surface area contributed by atoms with Crippen LogP contribution >= 0.6 is 0 Å². The molecule has 6 nitrogen and oxygen atoms in total. The average molecular weight is 309 g/mol. The number of anilines is 2. The second-order valence-electron chi connectivity index (χ2n) is 4.03. The minimum atomic E-state index is -4.05. The lowest BCUT2D eigenvalue weighted by Gasteiger charge is -2.10. The molecule has 2 amide bonds. The van der Waals surface area contributed by atoms with E-state index in [1.54, 1.807) is 22.9 Å². The molecule has 0 aromatic heterocycles. The van der Waals surface area contributed by atoms with Crippen molar-refractivity contribution >= 4 is 27.6 Å². The lowest BCUT2D eigenvalue weighted by molar-refractivity contribution is 0.256. The number of urea groups is 1. The molecule has 0 heterocycles. The molecule has 0 aliphatic heterocycles. The third kappa shape index (κ3) is 4.77. The summed E-state index contributed by atoms with van der Waals surface area (Å²) in [4.78, 5) is 11.6. The summed E-state index contributed by atoms with van der Waals surface area (Å²) in [6, 6.07) is 12.1. The highest BCUT2D eigenvalue weighted by Gasteiger charge is 2.14. The van der Waals surface area contributed by atoms with Gasteiger partial charge in [-0.05, 0) is 36.4 Å². The number of hydrogen-bond acceptors (Lipinski definition) is 3. The molecular formula is C13H12FN3O3S. The summed E-state index contributed by atoms with van der Waals surface area (Å²) in [5, 5.41) is 2.28. The Labute approximate surface area is 121 Å². The largest absolute Gasteiger partial charge is 0.334 e. The number of hydrogen-bond donors (Lipinski definition) is 3. The van der Waals surface area contributed by atoms with Crippen LogP contribution in [0.5, 0.6) is 0 Å². The SMILES string of the molecule is O=C(Nc1ccc(F)cc1)NS(=O)(=O)Nc1ccccc1. The van der Waals surface area contributed by atoms with Gasteiger partial charge in [-0.1, -0.05) is 18.2 Å². The quantitative estimate of drug-likeness (QED) is 0.810. The summed E-state index contributed by atoms with van der Waals surface area (Å²) in [6.07, 6.45) is 0. The van der Waals surface area contributed by atoms with Gasteiger partial charge < -0.3 is 5.32 Å². The van der Waals surface area contributed by atoms with Gasteiger partial charge in [0.15, 0.2) is 0 Å². The van der Waals surface area contributed by atoms with Crippen molar-refractivity contribution in [3.63, 3.8) is 0 Å². The fourth-order valence-corrected chi connectivity index (χ4v) is 2.29. The maximum atomic E-state index is 12.7. The van der Waals surface area contributed by atoms with Crippen LogP contribution in [0.1, 0.15) is 0 Å². The lowest BCUT2D eigenvalue weighted by atomic mass is 10.3. The minimum Gasteiger partial charge on any atom is -0.307 e. The van der Waals surface area contributed by atoms with E-state index >= 15 is 0 Å². The minimum absolute atomic E-state index is 0.267. The lowest BCUT2D eigenvalue weighted by Crippen LogP contribution is -2.38. The molecule has 0 radical (unpaired) electrons. The first kappa shape index (κ1) is 14.8. The molecule has 0 aliphatic rings. The molecule has 0 saturated heterocycles. The van der Waals surface area contributed by atoms with Crippen LogP contribution in [-0.2, 0) is 10.2 Å². The summed E-state index contributed by atoms with van der Waals surface area (Å²) in [6.45, 7) is 0. The van der Waals surface area contributed by atoms with Gasteiger partial charge in [0, 0.05) is 5.69 Å². The van der Waals surface area contributed by atoms with Crippen LogP contribution in [0.4, 0.5) is 20.6 Å². The van der Waals surface area contributed by atoms with Gasteiger partial charge >= 0.3 is 16.2 Å². The summed E-state index contributed by atoms with van der Waals surface area (Å²) in [7, 11) is -4.05. The Kier molecular flexibility index (Phi) is 4.39. The van der Waals surface area contributed by atoms with Gasteiger partial charge in [-0.3, -0.25) is 4.72 Å². The molecule has 110 valence electrons. The van der Waals surface area contributed by atoms with Crippen molar-refractivity contribution in [1.29, 1.82) is 0 Å². The van der Waals surface area contributed by atoms with Crippen LogP contribution in [0, 0.1) is 5.82 Å². The van der Waals surface area contributed by atoms with E-state index in [-0.39, 0.29) is 5.69 Å². The Balaban J connectivity index is 1.96. The fraction of sp³-hybridized carbons (Fsp3) is 0. The molecule has 0 aliphatic carbocycles. The number of halogens is 1. The predicted octanol–water partition coefficient (Wildman–Crippen LogP) is 2.30. The van der Waals surface area contributed by atoms with Crippen LogP contribution in [0.2, 0.25) is 0 Å². The molecule has 8 heteroatoms. The Hall–Kier alpha value is -2.61. The van der Waals surface area contributed by atoms with Crippen molar-refractivity contribution in [3.8, 4) is 0 Å². The number of carbonyl (C=O) groups excluding carboxylic acids is 1. The van der Waals surface area contributed by atoms with Gasteiger partial charge in [0.2, 0.25) is 0 Å². The molecule has 0 unspecified atom stereocenters. The fourth-order valence-electron chi connectivity index (χ4n) is 1.50. The molecule has 0 fully saturated rings. The van der Waals surface area contributed by atoms with Crippen molar-refractivity contribution < 1.29 is 17.6 Å². The van der Waals surface area contributed by atoms with Crippen LogP contribution in [0.3, 0.4) is 0 Å². The van der Waals surface area contributed by atoms with E-state index in [4.69, 9.17) is 0 Å². The predicted molar refractivity (Wildman–Crippen MR) is 77.5 cm³/mol. The first-order valence-corrected chi connectivity index (χ1v) is 7.35. The maximum Gasteiger partial charge on any atom is 0.334 e. The molecule has 0 spiro atoms. The molecule has 2 rings (SSSR count). The number of rotatable bonds is 4. The number of para-hydroxylation sites is 1. The molecule has 3 N–H and O–H groups in total. The van der Waals surface area contributed by atoms with Crippen LogP contribution in [0.15, 0.2) is 54.6 Å². The van der Waals surface area contributed by atoms with Gasteiger partial charge in [0.05, 0.1) is 5.69 Å². The Bertz CT molecular complexity index is 718. The highest BCUT2D eigenvalue weighted by Crippen LogP contribution is 2.09. The van der Waals surface area contributed by atoms with E-state index in [0.717, 1.165) is 12.1 Å². The second-order valence-corrected chi connectivity index (χ2v) is 5.45. The summed E-state index contributed by atoms with van der Waals surface area (Å²) < 4.78 is 40.1. The first-order valence-electron chi connectivity index (χ1n) is 5.87. The van der Waals surface area contributed by atoms with Gasteiger partial charge in [-0.25, -0.2) is 13.9 Å². The Morgan fingerprint density at radius 1 is 0.905 bits per heavy atom. The van der Waals surface area contributed by atoms with E-state index in [9.17, 15) is 17.6 Å². The molecular weight excluding hydrogens is 297 g/mol. The van der Waals surface area contributed by atoms with E-state index < -0.39 is 22.1 Å². The summed E-state index contributed by atoms with van der Waals surface area (Å²) in [5.41, 5.74) is 0.586. The standard InChI is InChI=1S/C13H12FN3O3S/c14-10-6-8-11(9-7-10)15-13(18)17-21(19,20)16-12-4-2-1-3-5-12/h1-9,16H,(H2,15,17,18). The zero-order chi connectivity index (χ0) is 15.3. The zero-order valence-electron chi connectivity index (χ0n) is 10.7. The van der Waals surface area contributed by atoms with Crippen molar-refractivity contribution in [2.75, 3.05) is 10.0 Å². The van der Waals surface area contributed by atoms with Gasteiger partial charge in [0.25, 0.3) is 0 Å². The van der Waals surface area contributed by atoms with Crippen LogP contribution in [-0.4, -0.2) is 14.4 Å². The molecule has 0 bridgehead atoms. The number of nitrogens with one attached hydrogen (secondary N) is 3. The maximum absolute atomic E-state index is 12.7. The number of benzene rings is 2. The topological polar surface area (TPSA) is 87.3 Å². The average Bonchev–Trinajstić information content (AvgIpc) is 2.41. The van der Waals surface area contributed by atoms with Crippen molar-refractivity contribution in [2.24, 2.45) is 0 Å². The van der Waals surface area contributed by atoms with Crippen molar-refractivity contribution in [3.05, 3.63) is 60.4 Å². The monoisotopic (exact) mass is 309 g/mol. The van der Waals surface area contributed by atoms with Crippen molar-refractivity contribution in [1.82, 2.24) is 4.72 Å². The molecule has 2 aromatic rings. The molecule has 0 saturated carbocycles. The van der Waals surface area contributed by atoms with E-state index in [1.165, 1.54) is 24.3 Å². The Morgan fingerprint density at radius 3 is 2.14 bits per heavy atom. The van der Waals surface area contributed by atoms with E-state index in [0.29, 0.717) is 5.69 Å². The summed E-state index contributed by atoms with van der Waals surface area (Å²) in [5.74, 6) is -0.459. The molecule has 2 aromatic carbocycles. The normalized spacial score (nSPS) is 10.7. The van der Waals surface area contributed by atoms with Crippen LogP contribution < -0.4 is 14.8 Å². The second kappa shape index (κ2) is 6.23. The first-order chi connectivity index (χ1) is 9.94. The van der Waals surface area contributed by atoms with E-state index in [1.807, 2.05) is 0 Å². The van der Waals surface area contributed by atoms with Gasteiger partial charge in [0.1, 0.15) is 5.82 Å². The van der Waals surface area contributed by atoms with Crippen LogP contribution in [0.25, 0.3) is 0 Å². The Morgan fingerprint density at radius 2 is 1.52 bits per heavy atom. The van der Waals surface area contributed by atoms with E-state index in [2.05, 4.69) is 10.0 Å². The van der Waals surface area contributed by atoms with Gasteiger partial charge in [-0.15, -0.1) is 0 Å². The highest BCUT2D eigenvalue weighted by atomic mass is 32.2. The van der Waals surface area contributed by atoms with Gasteiger partial charge in [-0.2, -0.15) is 8.42 Å². The summed E-state index contributed by atoms with van der Waals surface area (Å²) >= 11 is 0. The molecule has 21 heavy (non-hydrogen) atoms. The van der Waals surface area contributed by atoms with Crippen molar-refractivity contribution in [2.45, 2.75) is 0 Å². The number of carbonyl (C=O) groups is 1. The highest BCUT2D eigenvalue weighted by molar-refractivity contribution is 7.91. The smallest absolute Gasteiger partial charge is 0.307 e. The zero-order valence-corrected chi connectivity index (χ0v) is 11.5. The third-order valence-electron chi connectivity index (χ3n) is 2.36. The third-order valence-corrected chi connectivity index (χ3v) is 3.31. The molecule has 0 atom stereocenters.